The predicted octanol–water partition coefficient (Wildman–Crippen LogP) is 2.62. The van der Waals surface area contributed by atoms with Crippen LogP contribution >= 0.6 is 0 Å². The van der Waals surface area contributed by atoms with Crippen LogP contribution in [-0.4, -0.2) is 11.7 Å². The Labute approximate surface area is 82.4 Å². The summed E-state index contributed by atoms with van der Waals surface area (Å²) in [7, 11) is 0. The molecule has 0 amide bonds. The highest BCUT2D eigenvalue weighted by atomic mass is 19.1. The number of hydrogen-bond donors (Lipinski definition) is 1. The zero-order chi connectivity index (χ0) is 10.7. The molecule has 0 heterocycles. The van der Waals surface area contributed by atoms with E-state index in [-0.39, 0.29) is 12.5 Å². The van der Waals surface area contributed by atoms with Crippen LogP contribution in [0.1, 0.15) is 30.9 Å². The van der Waals surface area contributed by atoms with Crippen molar-refractivity contribution in [2.45, 2.75) is 26.2 Å². The molecular formula is C11H14F2O. The van der Waals surface area contributed by atoms with Crippen LogP contribution in [0.3, 0.4) is 0 Å². The first-order valence-electron chi connectivity index (χ1n) is 4.68. The Balaban J connectivity index is 3.17. The van der Waals surface area contributed by atoms with Gasteiger partial charge >= 0.3 is 0 Å². The first-order chi connectivity index (χ1) is 6.60. The fourth-order valence-electron chi connectivity index (χ4n) is 1.36. The number of aliphatic hydroxyl groups excluding tert-OH is 1. The van der Waals surface area contributed by atoms with E-state index < -0.39 is 11.6 Å². The van der Waals surface area contributed by atoms with Gasteiger partial charge in [0.1, 0.15) is 11.6 Å². The van der Waals surface area contributed by atoms with E-state index in [4.69, 9.17) is 5.11 Å². The molecule has 1 aromatic carbocycles. The Kier molecular flexibility index (Phi) is 3.58. The largest absolute Gasteiger partial charge is 0.396 e. The molecule has 0 bridgehead atoms. The Bertz CT molecular complexity index is 323. The molecular weight excluding hydrogens is 186 g/mol. The van der Waals surface area contributed by atoms with Gasteiger partial charge < -0.3 is 5.11 Å². The van der Waals surface area contributed by atoms with Gasteiger partial charge in [0, 0.05) is 18.6 Å². The Morgan fingerprint density at radius 2 is 1.93 bits per heavy atom. The van der Waals surface area contributed by atoms with Crippen molar-refractivity contribution in [2.24, 2.45) is 0 Å². The quantitative estimate of drug-likeness (QED) is 0.795. The molecule has 1 N–H and O–H groups in total. The highest BCUT2D eigenvalue weighted by Gasteiger charge is 2.13. The molecule has 0 aliphatic carbocycles. The third-order valence-corrected chi connectivity index (χ3v) is 2.35. The third-order valence-electron chi connectivity index (χ3n) is 2.35. The van der Waals surface area contributed by atoms with E-state index in [0.717, 1.165) is 6.07 Å². The van der Waals surface area contributed by atoms with Gasteiger partial charge in [-0.3, -0.25) is 0 Å². The van der Waals surface area contributed by atoms with Crippen LogP contribution in [-0.2, 0) is 6.42 Å². The van der Waals surface area contributed by atoms with Crippen LogP contribution in [0.2, 0.25) is 0 Å². The summed E-state index contributed by atoms with van der Waals surface area (Å²) >= 11 is 0. The van der Waals surface area contributed by atoms with Crippen molar-refractivity contribution in [2.75, 3.05) is 6.61 Å². The summed E-state index contributed by atoms with van der Waals surface area (Å²) < 4.78 is 26.3. The number of benzene rings is 1. The zero-order valence-corrected chi connectivity index (χ0v) is 8.35. The van der Waals surface area contributed by atoms with Crippen molar-refractivity contribution >= 4 is 0 Å². The van der Waals surface area contributed by atoms with Gasteiger partial charge in [-0.1, -0.05) is 13.8 Å². The Morgan fingerprint density at radius 1 is 1.29 bits per heavy atom. The number of hydrogen-bond acceptors (Lipinski definition) is 1. The van der Waals surface area contributed by atoms with E-state index in [1.54, 1.807) is 6.92 Å². The molecule has 1 aromatic rings. The minimum atomic E-state index is -0.582. The second-order valence-corrected chi connectivity index (χ2v) is 3.40. The van der Waals surface area contributed by atoms with Crippen LogP contribution in [0.4, 0.5) is 8.78 Å². The molecule has 1 rings (SSSR count). The summed E-state index contributed by atoms with van der Waals surface area (Å²) in [6, 6.07) is 2.38. The minimum absolute atomic E-state index is 0.133. The highest BCUT2D eigenvalue weighted by molar-refractivity contribution is 5.29. The third kappa shape index (κ3) is 2.10. The van der Waals surface area contributed by atoms with Crippen molar-refractivity contribution in [3.63, 3.8) is 0 Å². The molecule has 3 heteroatoms. The van der Waals surface area contributed by atoms with Crippen LogP contribution in [0.5, 0.6) is 0 Å². The average molecular weight is 200 g/mol. The fraction of sp³-hybridized carbons (Fsp3) is 0.455. The van der Waals surface area contributed by atoms with E-state index in [0.29, 0.717) is 17.5 Å². The zero-order valence-electron chi connectivity index (χ0n) is 8.35. The maximum Gasteiger partial charge on any atom is 0.129 e. The maximum absolute atomic E-state index is 13.3. The number of rotatable bonds is 3. The molecule has 0 saturated heterocycles. The van der Waals surface area contributed by atoms with Crippen molar-refractivity contribution in [3.05, 3.63) is 34.9 Å². The molecule has 0 radical (unpaired) electrons. The number of aryl methyl sites for hydroxylation is 1. The van der Waals surface area contributed by atoms with Crippen molar-refractivity contribution in [1.82, 2.24) is 0 Å². The predicted molar refractivity (Wildman–Crippen MR) is 51.2 cm³/mol. The minimum Gasteiger partial charge on any atom is -0.396 e. The van der Waals surface area contributed by atoms with Gasteiger partial charge in [-0.05, 0) is 23.6 Å². The normalized spacial score (nSPS) is 12.9. The van der Waals surface area contributed by atoms with Crippen molar-refractivity contribution < 1.29 is 13.9 Å². The maximum atomic E-state index is 13.3. The monoisotopic (exact) mass is 200 g/mol. The standard InChI is InChI=1S/C11H14F2O/c1-3-8-4-9(7(2)6-14)11(13)5-10(8)12/h4-5,7,14H,3,6H2,1-2H3. The summed E-state index contributed by atoms with van der Waals surface area (Å²) in [5, 5.41) is 8.89. The molecule has 0 fully saturated rings. The van der Waals surface area contributed by atoms with Crippen molar-refractivity contribution in [1.29, 1.82) is 0 Å². The lowest BCUT2D eigenvalue weighted by Gasteiger charge is -2.11. The van der Waals surface area contributed by atoms with Crippen LogP contribution in [0, 0.1) is 11.6 Å². The van der Waals surface area contributed by atoms with Gasteiger partial charge in [0.25, 0.3) is 0 Å². The van der Waals surface area contributed by atoms with Gasteiger partial charge in [-0.15, -0.1) is 0 Å². The second kappa shape index (κ2) is 4.51. The summed E-state index contributed by atoms with van der Waals surface area (Å²) in [4.78, 5) is 0. The van der Waals surface area contributed by atoms with Gasteiger partial charge in [0.05, 0.1) is 0 Å². The van der Waals surface area contributed by atoms with Gasteiger partial charge in [-0.2, -0.15) is 0 Å². The highest BCUT2D eigenvalue weighted by Crippen LogP contribution is 2.22. The second-order valence-electron chi connectivity index (χ2n) is 3.40. The van der Waals surface area contributed by atoms with Crippen molar-refractivity contribution in [3.8, 4) is 0 Å². The smallest absolute Gasteiger partial charge is 0.129 e. The molecule has 0 aliphatic rings. The molecule has 78 valence electrons. The summed E-state index contributed by atoms with van der Waals surface area (Å²) in [5.74, 6) is -1.39. The molecule has 1 unspecified atom stereocenters. The fourth-order valence-corrected chi connectivity index (χ4v) is 1.36. The number of aliphatic hydroxyl groups is 1. The summed E-state index contributed by atoms with van der Waals surface area (Å²) in [6.45, 7) is 3.38. The molecule has 0 spiro atoms. The molecule has 1 nitrogen and oxygen atoms in total. The van der Waals surface area contributed by atoms with E-state index in [1.165, 1.54) is 6.07 Å². The number of halogens is 2. The molecule has 14 heavy (non-hydrogen) atoms. The molecule has 0 aromatic heterocycles. The van der Waals surface area contributed by atoms with E-state index in [2.05, 4.69) is 0 Å². The SMILES string of the molecule is CCc1cc(C(C)CO)c(F)cc1F. The lowest BCUT2D eigenvalue weighted by Crippen LogP contribution is -2.04. The van der Waals surface area contributed by atoms with E-state index in [9.17, 15) is 8.78 Å². The molecule has 0 aliphatic heterocycles. The van der Waals surface area contributed by atoms with E-state index >= 15 is 0 Å². The lowest BCUT2D eigenvalue weighted by molar-refractivity contribution is 0.270. The van der Waals surface area contributed by atoms with Gasteiger partial charge in [0.2, 0.25) is 0 Å². The lowest BCUT2D eigenvalue weighted by atomic mass is 9.98. The average Bonchev–Trinajstić information content (AvgIpc) is 2.17. The van der Waals surface area contributed by atoms with Crippen LogP contribution in [0.25, 0.3) is 0 Å². The molecule has 1 atom stereocenters. The van der Waals surface area contributed by atoms with Gasteiger partial charge in [-0.25, -0.2) is 8.78 Å². The van der Waals surface area contributed by atoms with Crippen LogP contribution in [0.15, 0.2) is 12.1 Å². The van der Waals surface area contributed by atoms with E-state index in [1.807, 2.05) is 6.92 Å². The first-order valence-corrected chi connectivity index (χ1v) is 4.68. The summed E-state index contributed by atoms with van der Waals surface area (Å²) in [6.07, 6.45) is 0.525. The first kappa shape index (κ1) is 11.1. The van der Waals surface area contributed by atoms with Crippen LogP contribution < -0.4 is 0 Å². The summed E-state index contributed by atoms with van der Waals surface area (Å²) in [5.41, 5.74) is 0.868. The van der Waals surface area contributed by atoms with Gasteiger partial charge in [0.15, 0.2) is 0 Å². The topological polar surface area (TPSA) is 20.2 Å². The Hall–Kier alpha value is -0.960. The molecule has 0 saturated carbocycles. The Morgan fingerprint density at radius 3 is 2.43 bits per heavy atom.